The molecular formula is C12H16Br2N2OS. The fraction of sp³-hybridized carbons (Fsp3) is 0.583. The first-order valence-corrected chi connectivity index (χ1v) is 8.44. The van der Waals surface area contributed by atoms with Crippen molar-refractivity contribution in [2.24, 2.45) is 5.73 Å². The van der Waals surface area contributed by atoms with Gasteiger partial charge in [-0.3, -0.25) is 4.79 Å². The van der Waals surface area contributed by atoms with Crippen molar-refractivity contribution in [1.29, 1.82) is 0 Å². The Balaban J connectivity index is 2.38. The second-order valence-electron chi connectivity index (χ2n) is 4.45. The molecule has 0 bridgehead atoms. The van der Waals surface area contributed by atoms with Gasteiger partial charge in [-0.2, -0.15) is 0 Å². The summed E-state index contributed by atoms with van der Waals surface area (Å²) in [7, 11) is 0. The topological polar surface area (TPSA) is 46.3 Å². The monoisotopic (exact) mass is 394 g/mol. The maximum absolute atomic E-state index is 12.1. The number of likely N-dealkylation sites (N-methyl/N-ethyl adjacent to an activating group) is 1. The molecule has 100 valence electrons. The molecule has 0 aromatic carbocycles. The lowest BCUT2D eigenvalue weighted by molar-refractivity contribution is -0.132. The third-order valence-corrected chi connectivity index (χ3v) is 6.61. The summed E-state index contributed by atoms with van der Waals surface area (Å²) in [5, 5.41) is 0. The van der Waals surface area contributed by atoms with Crippen LogP contribution in [0.1, 0.15) is 37.1 Å². The molecule has 0 radical (unpaired) electrons. The van der Waals surface area contributed by atoms with Crippen molar-refractivity contribution < 1.29 is 4.79 Å². The highest BCUT2D eigenvalue weighted by Crippen LogP contribution is 2.40. The summed E-state index contributed by atoms with van der Waals surface area (Å²) in [5.74, 6) is 0.219. The Bertz CT molecular complexity index is 430. The summed E-state index contributed by atoms with van der Waals surface area (Å²) in [6, 6.07) is 2.10. The zero-order valence-corrected chi connectivity index (χ0v) is 14.1. The van der Waals surface area contributed by atoms with Crippen LogP contribution in [-0.4, -0.2) is 23.4 Å². The molecule has 2 atom stereocenters. The lowest BCUT2D eigenvalue weighted by Crippen LogP contribution is -2.41. The minimum atomic E-state index is 0.0117. The summed E-state index contributed by atoms with van der Waals surface area (Å²) in [6.45, 7) is 2.73. The predicted molar refractivity (Wildman–Crippen MR) is 81.7 cm³/mol. The van der Waals surface area contributed by atoms with Crippen molar-refractivity contribution in [1.82, 2.24) is 4.90 Å². The lowest BCUT2D eigenvalue weighted by Gasteiger charge is -2.32. The zero-order valence-electron chi connectivity index (χ0n) is 10.2. The molecule has 1 amide bonds. The average Bonchev–Trinajstić information content (AvgIpc) is 2.56. The molecule has 18 heavy (non-hydrogen) atoms. The number of thiophene rings is 1. The number of carbonyl (C=O) groups excluding carboxylic acids is 1. The Morgan fingerprint density at radius 2 is 2.28 bits per heavy atom. The van der Waals surface area contributed by atoms with Gasteiger partial charge in [0.15, 0.2) is 0 Å². The molecule has 2 rings (SSSR count). The molecule has 2 N–H and O–H groups in total. The molecule has 1 aliphatic rings. The molecule has 1 fully saturated rings. The third kappa shape index (κ3) is 2.81. The number of nitrogens with two attached hydrogens (primary N) is 1. The van der Waals surface area contributed by atoms with Crippen LogP contribution in [0.25, 0.3) is 0 Å². The van der Waals surface area contributed by atoms with E-state index in [2.05, 4.69) is 37.9 Å². The molecule has 0 aliphatic carbocycles. The first-order chi connectivity index (χ1) is 8.54. The average molecular weight is 396 g/mol. The van der Waals surface area contributed by atoms with Gasteiger partial charge in [0, 0.05) is 28.4 Å². The van der Waals surface area contributed by atoms with E-state index in [1.807, 2.05) is 11.8 Å². The number of hydrogen-bond donors (Lipinski definition) is 1. The van der Waals surface area contributed by atoms with Gasteiger partial charge in [-0.1, -0.05) is 0 Å². The number of nitrogens with zero attached hydrogens (tertiary/aromatic N) is 1. The van der Waals surface area contributed by atoms with Gasteiger partial charge >= 0.3 is 0 Å². The van der Waals surface area contributed by atoms with Gasteiger partial charge in [0.2, 0.25) is 5.91 Å². The Morgan fingerprint density at radius 1 is 1.56 bits per heavy atom. The highest BCUT2D eigenvalue weighted by molar-refractivity contribution is 9.13. The van der Waals surface area contributed by atoms with E-state index in [1.54, 1.807) is 11.3 Å². The van der Waals surface area contributed by atoms with Crippen molar-refractivity contribution in [2.75, 3.05) is 6.54 Å². The quantitative estimate of drug-likeness (QED) is 0.830. The lowest BCUT2D eigenvalue weighted by atomic mass is 10.0. The van der Waals surface area contributed by atoms with Gasteiger partial charge in [-0.15, -0.1) is 11.3 Å². The number of rotatable bonds is 2. The van der Waals surface area contributed by atoms with Crippen LogP contribution in [0.3, 0.4) is 0 Å². The highest BCUT2D eigenvalue weighted by Gasteiger charge is 2.33. The molecule has 1 aliphatic heterocycles. The first kappa shape index (κ1) is 14.5. The number of halogens is 2. The third-order valence-electron chi connectivity index (χ3n) is 3.29. The van der Waals surface area contributed by atoms with Gasteiger partial charge in [0.25, 0.3) is 0 Å². The van der Waals surface area contributed by atoms with Crippen LogP contribution in [0.5, 0.6) is 0 Å². The van der Waals surface area contributed by atoms with Crippen molar-refractivity contribution in [2.45, 2.75) is 38.3 Å². The van der Waals surface area contributed by atoms with Crippen LogP contribution in [0, 0.1) is 0 Å². The molecule has 1 aromatic rings. The van der Waals surface area contributed by atoms with Crippen molar-refractivity contribution >= 4 is 49.1 Å². The van der Waals surface area contributed by atoms with Gasteiger partial charge in [0.05, 0.1) is 9.83 Å². The summed E-state index contributed by atoms with van der Waals surface area (Å²) in [5.41, 5.74) is 6.28. The van der Waals surface area contributed by atoms with Gasteiger partial charge in [-0.05, 0) is 57.7 Å². The van der Waals surface area contributed by atoms with E-state index in [0.717, 1.165) is 26.0 Å². The van der Waals surface area contributed by atoms with Gasteiger partial charge in [0.1, 0.15) is 0 Å². The number of hydrogen-bond acceptors (Lipinski definition) is 3. The van der Waals surface area contributed by atoms with Crippen molar-refractivity contribution in [3.63, 3.8) is 0 Å². The first-order valence-electron chi connectivity index (χ1n) is 6.04. The van der Waals surface area contributed by atoms with Crippen molar-refractivity contribution in [3.05, 3.63) is 19.2 Å². The minimum absolute atomic E-state index is 0.0117. The summed E-state index contributed by atoms with van der Waals surface area (Å²) < 4.78 is 2.08. The zero-order chi connectivity index (χ0) is 13.3. The van der Waals surface area contributed by atoms with E-state index in [4.69, 9.17) is 5.73 Å². The van der Waals surface area contributed by atoms with Crippen LogP contribution in [0.2, 0.25) is 0 Å². The molecule has 1 saturated heterocycles. The molecule has 2 unspecified atom stereocenters. The number of carbonyl (C=O) groups is 1. The Kier molecular flexibility index (Phi) is 4.86. The van der Waals surface area contributed by atoms with E-state index >= 15 is 0 Å². The normalized spacial score (nSPS) is 25.3. The minimum Gasteiger partial charge on any atom is -0.334 e. The Morgan fingerprint density at radius 3 is 2.83 bits per heavy atom. The van der Waals surface area contributed by atoms with Gasteiger partial charge < -0.3 is 10.6 Å². The van der Waals surface area contributed by atoms with Crippen LogP contribution in [-0.2, 0) is 4.79 Å². The van der Waals surface area contributed by atoms with E-state index in [-0.39, 0.29) is 18.0 Å². The maximum atomic E-state index is 12.1. The van der Waals surface area contributed by atoms with E-state index in [0.29, 0.717) is 13.0 Å². The summed E-state index contributed by atoms with van der Waals surface area (Å²) in [4.78, 5) is 15.2. The van der Waals surface area contributed by atoms with Crippen LogP contribution in [0.15, 0.2) is 14.3 Å². The molecule has 3 nitrogen and oxygen atoms in total. The predicted octanol–water partition coefficient (Wildman–Crippen LogP) is 3.67. The molecule has 1 aromatic heterocycles. The van der Waals surface area contributed by atoms with E-state index < -0.39 is 0 Å². The summed E-state index contributed by atoms with van der Waals surface area (Å²) in [6.07, 6.45) is 2.41. The second kappa shape index (κ2) is 6.03. The van der Waals surface area contributed by atoms with Gasteiger partial charge in [-0.25, -0.2) is 0 Å². The fourth-order valence-corrected chi connectivity index (χ4v) is 4.70. The summed E-state index contributed by atoms with van der Waals surface area (Å²) >= 11 is 8.66. The second-order valence-corrected chi connectivity index (χ2v) is 7.71. The van der Waals surface area contributed by atoms with Crippen LogP contribution in [0.4, 0.5) is 0 Å². The molecule has 0 saturated carbocycles. The smallest absolute Gasteiger partial charge is 0.223 e. The highest BCUT2D eigenvalue weighted by atomic mass is 79.9. The number of likely N-dealkylation sites (tertiary alicyclic amines) is 1. The van der Waals surface area contributed by atoms with Crippen LogP contribution >= 0.6 is 43.2 Å². The molecule has 6 heteroatoms. The maximum Gasteiger partial charge on any atom is 0.223 e. The van der Waals surface area contributed by atoms with E-state index in [9.17, 15) is 4.79 Å². The van der Waals surface area contributed by atoms with Crippen LogP contribution < -0.4 is 5.73 Å². The SMILES string of the molecule is CCN1C(=O)CCCC(N)C1c1cc(Br)c(Br)s1. The largest absolute Gasteiger partial charge is 0.334 e. The Labute approximate surface area is 128 Å². The number of amides is 1. The Hall–Kier alpha value is 0.0900. The molecule has 0 spiro atoms. The molecular weight excluding hydrogens is 380 g/mol. The fourth-order valence-electron chi connectivity index (χ4n) is 2.42. The van der Waals surface area contributed by atoms with E-state index in [1.165, 1.54) is 0 Å². The standard InChI is InChI=1S/C12H16Br2N2OS/c1-2-16-10(17)5-3-4-8(15)11(16)9-6-7(13)12(14)18-9/h6,8,11H,2-5,15H2,1H3. The molecule has 2 heterocycles. The van der Waals surface area contributed by atoms with Crippen molar-refractivity contribution in [3.8, 4) is 0 Å².